The Balaban J connectivity index is 1.90. The van der Waals surface area contributed by atoms with E-state index in [1.165, 1.54) is 7.05 Å². The van der Waals surface area contributed by atoms with Crippen molar-refractivity contribution in [2.45, 2.75) is 25.6 Å². The van der Waals surface area contributed by atoms with Gasteiger partial charge in [-0.05, 0) is 12.1 Å². The molecule has 2 amide bonds. The Morgan fingerprint density at radius 1 is 1.47 bits per heavy atom. The van der Waals surface area contributed by atoms with Gasteiger partial charge in [0.1, 0.15) is 18.1 Å². The second-order valence-corrected chi connectivity index (χ2v) is 3.95. The summed E-state index contributed by atoms with van der Waals surface area (Å²) in [6.45, 7) is 0.209. The summed E-state index contributed by atoms with van der Waals surface area (Å²) in [6.07, 6.45) is 0.183. The number of aliphatic hydroxyl groups excluding tert-OH is 1. The van der Waals surface area contributed by atoms with Crippen molar-refractivity contribution >= 4 is 11.8 Å². The first-order chi connectivity index (χ1) is 8.11. The molecule has 1 unspecified atom stereocenters. The largest absolute Gasteiger partial charge is 0.462 e. The number of nitrogens with one attached hydrogen (secondary N) is 1. The fraction of sp³-hybridized carbons (Fsp3) is 0.455. The Bertz CT molecular complexity index is 440. The van der Waals surface area contributed by atoms with E-state index in [-0.39, 0.29) is 24.8 Å². The second-order valence-electron chi connectivity index (χ2n) is 3.95. The molecule has 1 saturated heterocycles. The Morgan fingerprint density at radius 2 is 2.18 bits per heavy atom. The van der Waals surface area contributed by atoms with E-state index in [9.17, 15) is 9.59 Å². The first-order valence-corrected chi connectivity index (χ1v) is 5.34. The van der Waals surface area contributed by atoms with Crippen molar-refractivity contribution in [2.75, 3.05) is 7.05 Å². The van der Waals surface area contributed by atoms with Gasteiger partial charge in [-0.2, -0.15) is 0 Å². The highest BCUT2D eigenvalue weighted by Gasteiger charge is 2.35. The minimum absolute atomic E-state index is 0.149. The van der Waals surface area contributed by atoms with E-state index in [2.05, 4.69) is 5.32 Å². The molecule has 0 aliphatic carbocycles. The average Bonchev–Trinajstić information content (AvgIpc) is 2.88. The summed E-state index contributed by atoms with van der Waals surface area (Å²) in [5.41, 5.74) is 0. The van der Waals surface area contributed by atoms with Crippen LogP contribution < -0.4 is 5.32 Å². The monoisotopic (exact) mass is 238 g/mol. The number of carbonyl (C=O) groups is 2. The Labute approximate surface area is 98.2 Å². The van der Waals surface area contributed by atoms with Gasteiger partial charge in [-0.25, -0.2) is 0 Å². The number of nitrogens with zero attached hydrogens (tertiary/aromatic N) is 1. The summed E-state index contributed by atoms with van der Waals surface area (Å²) in [5, 5.41) is 11.8. The molecule has 0 aromatic carbocycles. The van der Waals surface area contributed by atoms with Gasteiger partial charge in [0.05, 0.1) is 19.0 Å². The summed E-state index contributed by atoms with van der Waals surface area (Å²) in [4.78, 5) is 24.0. The standard InChI is InChI=1S/C11H14N2O4/c1-13-10(15)4-9(11(13)16)12-5-7-2-3-8(6-14)17-7/h2-3,9,12,14H,4-6H2,1H3. The fourth-order valence-electron chi connectivity index (χ4n) is 1.74. The molecule has 0 bridgehead atoms. The van der Waals surface area contributed by atoms with Crippen LogP contribution in [0.25, 0.3) is 0 Å². The number of hydrogen-bond donors (Lipinski definition) is 2. The van der Waals surface area contributed by atoms with Crippen LogP contribution in [-0.2, 0) is 22.7 Å². The van der Waals surface area contributed by atoms with E-state index < -0.39 is 6.04 Å². The zero-order valence-corrected chi connectivity index (χ0v) is 9.47. The number of likely N-dealkylation sites (N-methyl/N-ethyl adjacent to an activating group) is 1. The number of furan rings is 1. The van der Waals surface area contributed by atoms with Crippen molar-refractivity contribution in [3.05, 3.63) is 23.7 Å². The van der Waals surface area contributed by atoms with Gasteiger partial charge >= 0.3 is 0 Å². The van der Waals surface area contributed by atoms with E-state index in [0.29, 0.717) is 18.1 Å². The molecule has 6 heteroatoms. The van der Waals surface area contributed by atoms with E-state index in [1.807, 2.05) is 0 Å². The van der Waals surface area contributed by atoms with Crippen LogP contribution in [0.2, 0.25) is 0 Å². The maximum Gasteiger partial charge on any atom is 0.246 e. The van der Waals surface area contributed by atoms with Crippen LogP contribution in [0, 0.1) is 0 Å². The molecule has 6 nitrogen and oxygen atoms in total. The van der Waals surface area contributed by atoms with Gasteiger partial charge in [0.15, 0.2) is 0 Å². The molecule has 2 heterocycles. The van der Waals surface area contributed by atoms with Crippen LogP contribution in [0.1, 0.15) is 17.9 Å². The molecular weight excluding hydrogens is 224 g/mol. The summed E-state index contributed by atoms with van der Waals surface area (Å²) in [7, 11) is 1.48. The number of imide groups is 1. The lowest BCUT2D eigenvalue weighted by Crippen LogP contribution is -2.36. The van der Waals surface area contributed by atoms with E-state index in [4.69, 9.17) is 9.52 Å². The molecule has 1 aromatic rings. The highest BCUT2D eigenvalue weighted by molar-refractivity contribution is 6.05. The first-order valence-electron chi connectivity index (χ1n) is 5.34. The van der Waals surface area contributed by atoms with Crippen LogP contribution in [0.4, 0.5) is 0 Å². The average molecular weight is 238 g/mol. The Morgan fingerprint density at radius 3 is 2.71 bits per heavy atom. The van der Waals surface area contributed by atoms with Gasteiger partial charge in [0.25, 0.3) is 0 Å². The van der Waals surface area contributed by atoms with Crippen molar-refractivity contribution in [2.24, 2.45) is 0 Å². The molecule has 92 valence electrons. The van der Waals surface area contributed by atoms with Crippen molar-refractivity contribution in [3.63, 3.8) is 0 Å². The molecule has 1 atom stereocenters. The fourth-order valence-corrected chi connectivity index (χ4v) is 1.74. The number of aliphatic hydroxyl groups is 1. The van der Waals surface area contributed by atoms with Gasteiger partial charge in [0, 0.05) is 7.05 Å². The van der Waals surface area contributed by atoms with Crippen LogP contribution in [0.3, 0.4) is 0 Å². The SMILES string of the molecule is CN1C(=O)CC(NCc2ccc(CO)o2)C1=O. The van der Waals surface area contributed by atoms with Crippen LogP contribution >= 0.6 is 0 Å². The summed E-state index contributed by atoms with van der Waals surface area (Å²) >= 11 is 0. The van der Waals surface area contributed by atoms with Gasteiger partial charge in [-0.3, -0.25) is 19.8 Å². The maximum atomic E-state index is 11.6. The van der Waals surface area contributed by atoms with E-state index in [1.54, 1.807) is 12.1 Å². The summed E-state index contributed by atoms with van der Waals surface area (Å²) < 4.78 is 5.26. The lowest BCUT2D eigenvalue weighted by molar-refractivity contribution is -0.137. The van der Waals surface area contributed by atoms with Crippen molar-refractivity contribution in [3.8, 4) is 0 Å². The second kappa shape index (κ2) is 4.68. The van der Waals surface area contributed by atoms with Gasteiger partial charge < -0.3 is 9.52 Å². The van der Waals surface area contributed by atoms with E-state index in [0.717, 1.165) is 4.90 Å². The summed E-state index contributed by atoms with van der Waals surface area (Å²) in [6, 6.07) is 2.92. The Kier molecular flexibility index (Phi) is 3.26. The third-order valence-electron chi connectivity index (χ3n) is 2.78. The number of likely N-dealkylation sites (tertiary alicyclic amines) is 1. The lowest BCUT2D eigenvalue weighted by atomic mass is 10.2. The lowest BCUT2D eigenvalue weighted by Gasteiger charge is -2.09. The highest BCUT2D eigenvalue weighted by Crippen LogP contribution is 2.12. The van der Waals surface area contributed by atoms with Crippen LogP contribution in [0.15, 0.2) is 16.5 Å². The first kappa shape index (κ1) is 11.8. The quantitative estimate of drug-likeness (QED) is 0.699. The molecule has 17 heavy (non-hydrogen) atoms. The zero-order valence-electron chi connectivity index (χ0n) is 9.47. The normalized spacial score (nSPS) is 20.4. The third-order valence-corrected chi connectivity index (χ3v) is 2.78. The number of rotatable bonds is 4. The molecular formula is C11H14N2O4. The molecule has 1 aliphatic heterocycles. The molecule has 1 fully saturated rings. The number of carbonyl (C=O) groups excluding carboxylic acids is 2. The summed E-state index contributed by atoms with van der Waals surface area (Å²) in [5.74, 6) is 0.712. The van der Waals surface area contributed by atoms with Crippen LogP contribution in [-0.4, -0.2) is 34.9 Å². The molecule has 2 N–H and O–H groups in total. The van der Waals surface area contributed by atoms with E-state index >= 15 is 0 Å². The highest BCUT2D eigenvalue weighted by atomic mass is 16.4. The van der Waals surface area contributed by atoms with Gasteiger partial charge in [-0.15, -0.1) is 0 Å². The van der Waals surface area contributed by atoms with Crippen LogP contribution in [0.5, 0.6) is 0 Å². The maximum absolute atomic E-state index is 11.6. The zero-order chi connectivity index (χ0) is 12.4. The molecule has 0 saturated carbocycles. The molecule has 1 aromatic heterocycles. The minimum atomic E-state index is -0.477. The smallest absolute Gasteiger partial charge is 0.246 e. The Hall–Kier alpha value is -1.66. The van der Waals surface area contributed by atoms with Crippen molar-refractivity contribution < 1.29 is 19.1 Å². The minimum Gasteiger partial charge on any atom is -0.462 e. The molecule has 1 aliphatic rings. The van der Waals surface area contributed by atoms with Gasteiger partial charge in [-0.1, -0.05) is 0 Å². The molecule has 0 radical (unpaired) electrons. The molecule has 0 spiro atoms. The van der Waals surface area contributed by atoms with Gasteiger partial charge in [0.2, 0.25) is 11.8 Å². The van der Waals surface area contributed by atoms with Crippen molar-refractivity contribution in [1.29, 1.82) is 0 Å². The topological polar surface area (TPSA) is 82.8 Å². The van der Waals surface area contributed by atoms with Crippen molar-refractivity contribution in [1.82, 2.24) is 10.2 Å². The predicted molar refractivity (Wildman–Crippen MR) is 57.7 cm³/mol. The molecule has 2 rings (SSSR count). The number of hydrogen-bond acceptors (Lipinski definition) is 5. The predicted octanol–water partition coefficient (Wildman–Crippen LogP) is -0.381. The third kappa shape index (κ3) is 2.37. The number of amides is 2.